The Morgan fingerprint density at radius 1 is 1.00 bits per heavy atom. The van der Waals surface area contributed by atoms with E-state index in [2.05, 4.69) is 0 Å². The van der Waals surface area contributed by atoms with Crippen LogP contribution in [0.25, 0.3) is 17.4 Å². The minimum atomic E-state index is -0.590. The van der Waals surface area contributed by atoms with Crippen LogP contribution in [-0.4, -0.2) is 16.7 Å². The van der Waals surface area contributed by atoms with Crippen LogP contribution < -0.4 is 0 Å². The van der Waals surface area contributed by atoms with Crippen LogP contribution in [0.15, 0.2) is 87.9 Å². The fourth-order valence-electron chi connectivity index (χ4n) is 3.38. The summed E-state index contributed by atoms with van der Waals surface area (Å²) in [6.07, 6.45) is 1.57. The summed E-state index contributed by atoms with van der Waals surface area (Å²) < 4.78 is 5.88. The standard InChI is InChI=1S/C25H17ClN2O3/c1-16-21(13-20-11-12-23(31-20)18-7-9-19(26)10-8-18)24(29)28(25(30)22(16)14-27)15-17-5-3-2-4-6-17/h2-13H,15H2,1H3/b21-13+. The first-order chi connectivity index (χ1) is 15.0. The minimum Gasteiger partial charge on any atom is -0.457 e. The molecule has 0 bridgehead atoms. The number of imide groups is 1. The molecule has 0 spiro atoms. The lowest BCUT2D eigenvalue weighted by Gasteiger charge is -2.27. The molecule has 0 fully saturated rings. The Labute approximate surface area is 184 Å². The summed E-state index contributed by atoms with van der Waals surface area (Å²) >= 11 is 5.93. The molecular formula is C25H17ClN2O3. The van der Waals surface area contributed by atoms with Crippen molar-refractivity contribution in [3.05, 3.63) is 99.8 Å². The summed E-state index contributed by atoms with van der Waals surface area (Å²) in [4.78, 5) is 27.0. The van der Waals surface area contributed by atoms with Gasteiger partial charge in [-0.25, -0.2) is 0 Å². The zero-order valence-electron chi connectivity index (χ0n) is 16.6. The van der Waals surface area contributed by atoms with Gasteiger partial charge in [0.05, 0.1) is 6.54 Å². The van der Waals surface area contributed by atoms with Gasteiger partial charge in [0.25, 0.3) is 11.8 Å². The van der Waals surface area contributed by atoms with E-state index < -0.39 is 11.8 Å². The first-order valence-electron chi connectivity index (χ1n) is 9.57. The Kier molecular flexibility index (Phi) is 5.57. The van der Waals surface area contributed by atoms with Gasteiger partial charge in [-0.05, 0) is 60.5 Å². The van der Waals surface area contributed by atoms with Crippen molar-refractivity contribution in [2.45, 2.75) is 13.5 Å². The lowest BCUT2D eigenvalue weighted by molar-refractivity contribution is -0.141. The highest BCUT2D eigenvalue weighted by atomic mass is 35.5. The van der Waals surface area contributed by atoms with Crippen molar-refractivity contribution in [2.75, 3.05) is 0 Å². The number of rotatable bonds is 4. The molecule has 0 saturated carbocycles. The summed E-state index contributed by atoms with van der Waals surface area (Å²) in [6, 6.07) is 21.8. The van der Waals surface area contributed by atoms with Crippen LogP contribution in [0.1, 0.15) is 18.2 Å². The molecule has 6 heteroatoms. The second kappa shape index (κ2) is 8.47. The van der Waals surface area contributed by atoms with E-state index in [0.29, 0.717) is 22.1 Å². The molecule has 2 amide bonds. The van der Waals surface area contributed by atoms with Crippen LogP contribution in [0, 0.1) is 11.3 Å². The molecule has 1 aliphatic heterocycles. The molecule has 152 valence electrons. The highest BCUT2D eigenvalue weighted by molar-refractivity contribution is 6.30. The Morgan fingerprint density at radius 3 is 2.39 bits per heavy atom. The number of amides is 2. The number of nitrogens with zero attached hydrogens (tertiary/aromatic N) is 2. The van der Waals surface area contributed by atoms with E-state index >= 15 is 0 Å². The third-order valence-corrected chi connectivity index (χ3v) is 5.30. The molecule has 0 unspecified atom stereocenters. The quantitative estimate of drug-likeness (QED) is 0.412. The molecular weight excluding hydrogens is 412 g/mol. The number of furan rings is 1. The molecule has 1 aliphatic rings. The topological polar surface area (TPSA) is 74.3 Å². The maximum atomic E-state index is 13.2. The minimum absolute atomic E-state index is 0.0498. The Bertz CT molecular complexity index is 1260. The second-order valence-electron chi connectivity index (χ2n) is 7.06. The first kappa shape index (κ1) is 20.4. The monoisotopic (exact) mass is 428 g/mol. The summed E-state index contributed by atoms with van der Waals surface area (Å²) in [6.45, 7) is 1.69. The van der Waals surface area contributed by atoms with Crippen LogP contribution in [0.3, 0.4) is 0 Å². The average molecular weight is 429 g/mol. The summed E-state index contributed by atoms with van der Waals surface area (Å²) in [5, 5.41) is 10.2. The van der Waals surface area contributed by atoms with Crippen LogP contribution in [0.5, 0.6) is 0 Å². The SMILES string of the molecule is CC1=C(C#N)C(=O)N(Cc2ccccc2)C(=O)/C1=C/c1ccc(-c2ccc(Cl)cc2)o1. The predicted molar refractivity (Wildman–Crippen MR) is 117 cm³/mol. The molecule has 5 nitrogen and oxygen atoms in total. The maximum absolute atomic E-state index is 13.2. The molecule has 3 aromatic rings. The molecule has 2 heterocycles. The van der Waals surface area contributed by atoms with Crippen LogP contribution >= 0.6 is 11.6 Å². The highest BCUT2D eigenvalue weighted by Gasteiger charge is 2.35. The van der Waals surface area contributed by atoms with Gasteiger partial charge in [0.15, 0.2) is 0 Å². The molecule has 0 saturated heterocycles. The van der Waals surface area contributed by atoms with Gasteiger partial charge in [-0.1, -0.05) is 41.9 Å². The van der Waals surface area contributed by atoms with E-state index in [1.165, 1.54) is 0 Å². The van der Waals surface area contributed by atoms with Gasteiger partial charge in [-0.15, -0.1) is 0 Å². The number of nitriles is 1. The van der Waals surface area contributed by atoms with Crippen LogP contribution in [-0.2, 0) is 16.1 Å². The van der Waals surface area contributed by atoms with Crippen molar-refractivity contribution < 1.29 is 14.0 Å². The lowest BCUT2D eigenvalue weighted by Crippen LogP contribution is -2.42. The Hall–Kier alpha value is -3.88. The normalized spacial score (nSPS) is 15.5. The van der Waals surface area contributed by atoms with Crippen LogP contribution in [0.2, 0.25) is 5.02 Å². The van der Waals surface area contributed by atoms with Gasteiger partial charge in [-0.2, -0.15) is 5.26 Å². The zero-order valence-corrected chi connectivity index (χ0v) is 17.4. The maximum Gasteiger partial charge on any atom is 0.271 e. The lowest BCUT2D eigenvalue weighted by atomic mass is 9.94. The number of hydrogen-bond donors (Lipinski definition) is 0. The molecule has 0 aliphatic carbocycles. The largest absolute Gasteiger partial charge is 0.457 e. The molecule has 0 N–H and O–H groups in total. The smallest absolute Gasteiger partial charge is 0.271 e. The Morgan fingerprint density at radius 2 is 1.71 bits per heavy atom. The van der Waals surface area contributed by atoms with Crippen molar-refractivity contribution in [1.29, 1.82) is 5.26 Å². The molecule has 2 aromatic carbocycles. The van der Waals surface area contributed by atoms with Gasteiger partial charge in [0, 0.05) is 16.2 Å². The fourth-order valence-corrected chi connectivity index (χ4v) is 3.51. The number of hydrogen-bond acceptors (Lipinski definition) is 4. The van der Waals surface area contributed by atoms with Crippen molar-refractivity contribution in [1.82, 2.24) is 4.90 Å². The fraction of sp³-hybridized carbons (Fsp3) is 0.0800. The predicted octanol–water partition coefficient (Wildman–Crippen LogP) is 5.39. The van der Waals surface area contributed by atoms with Crippen molar-refractivity contribution >= 4 is 29.5 Å². The van der Waals surface area contributed by atoms with Gasteiger partial charge >= 0.3 is 0 Å². The number of benzene rings is 2. The number of carbonyl (C=O) groups excluding carboxylic acids is 2. The molecule has 1 aromatic heterocycles. The van der Waals surface area contributed by atoms with E-state index in [0.717, 1.165) is 16.0 Å². The van der Waals surface area contributed by atoms with Crippen molar-refractivity contribution in [3.63, 3.8) is 0 Å². The molecule has 31 heavy (non-hydrogen) atoms. The van der Waals surface area contributed by atoms with E-state index in [4.69, 9.17) is 16.0 Å². The van der Waals surface area contributed by atoms with Gasteiger partial charge in [-0.3, -0.25) is 14.5 Å². The second-order valence-corrected chi connectivity index (χ2v) is 7.50. The van der Waals surface area contributed by atoms with Crippen LogP contribution in [0.4, 0.5) is 0 Å². The van der Waals surface area contributed by atoms with Gasteiger partial charge in [0.2, 0.25) is 0 Å². The van der Waals surface area contributed by atoms with E-state index in [1.54, 1.807) is 37.3 Å². The summed E-state index contributed by atoms with van der Waals surface area (Å²) in [5.41, 5.74) is 2.18. The van der Waals surface area contributed by atoms with E-state index in [-0.39, 0.29) is 17.7 Å². The molecule has 4 rings (SSSR count). The van der Waals surface area contributed by atoms with Crippen molar-refractivity contribution in [2.24, 2.45) is 0 Å². The molecule has 0 radical (unpaired) electrons. The first-order valence-corrected chi connectivity index (χ1v) is 9.94. The number of halogens is 1. The number of carbonyl (C=O) groups is 2. The third kappa shape index (κ3) is 4.07. The van der Waals surface area contributed by atoms with Crippen molar-refractivity contribution in [3.8, 4) is 17.4 Å². The van der Waals surface area contributed by atoms with E-state index in [9.17, 15) is 14.9 Å². The zero-order chi connectivity index (χ0) is 22.0. The third-order valence-electron chi connectivity index (χ3n) is 5.05. The average Bonchev–Trinajstić information content (AvgIpc) is 3.24. The van der Waals surface area contributed by atoms with Gasteiger partial charge in [0.1, 0.15) is 23.2 Å². The Balaban J connectivity index is 1.71. The van der Waals surface area contributed by atoms with E-state index in [1.807, 2.05) is 48.5 Å². The highest BCUT2D eigenvalue weighted by Crippen LogP contribution is 2.30. The summed E-state index contributed by atoms with van der Waals surface area (Å²) in [7, 11) is 0. The summed E-state index contributed by atoms with van der Waals surface area (Å²) in [5.74, 6) is 0.00665. The van der Waals surface area contributed by atoms with Gasteiger partial charge < -0.3 is 4.42 Å². The molecule has 0 atom stereocenters.